The minimum absolute atomic E-state index is 0. The molecule has 0 saturated carbocycles. The molecule has 0 unspecified atom stereocenters. The molecule has 1 N–H and O–H groups in total. The third-order valence-electron chi connectivity index (χ3n) is 3.47. The van der Waals surface area contributed by atoms with Gasteiger partial charge in [-0.05, 0) is 49.0 Å². The molecular weight excluding hydrogens is 298 g/mol. The highest BCUT2D eigenvalue weighted by atomic mass is 35.5. The summed E-state index contributed by atoms with van der Waals surface area (Å²) in [4.78, 5) is 1.06. The van der Waals surface area contributed by atoms with Gasteiger partial charge in [-0.15, -0.1) is 35.5 Å². The van der Waals surface area contributed by atoms with Gasteiger partial charge in [0, 0.05) is 0 Å². The molecule has 1 heterocycles. The largest absolute Gasteiger partial charge is 0.477 e. The van der Waals surface area contributed by atoms with Gasteiger partial charge < -0.3 is 4.74 Å². The van der Waals surface area contributed by atoms with Crippen molar-refractivity contribution in [3.8, 4) is 0 Å². The smallest absolute Gasteiger partial charge is 0.223 e. The minimum Gasteiger partial charge on any atom is -0.477 e. The number of rotatable bonds is 3. The SMILES string of the molecule is CCOC(=N)c1sc(SC)c2c1CC(C)(C)CC2.Cl. The standard InChI is InChI=1S/C14H21NOS2.ClH/c1-5-16-12(15)11-10-8-14(2,3)7-6-9(10)13(17-4)18-11;/h15H,5-8H2,1-4H3;1H. The second-order valence-electron chi connectivity index (χ2n) is 5.48. The maximum absolute atomic E-state index is 8.07. The summed E-state index contributed by atoms with van der Waals surface area (Å²) in [6.07, 6.45) is 5.59. The van der Waals surface area contributed by atoms with Crippen LogP contribution >= 0.6 is 35.5 Å². The molecule has 0 atom stereocenters. The van der Waals surface area contributed by atoms with Gasteiger partial charge in [0.2, 0.25) is 5.90 Å². The maximum Gasteiger partial charge on any atom is 0.223 e. The first kappa shape index (κ1) is 16.9. The summed E-state index contributed by atoms with van der Waals surface area (Å²) in [7, 11) is 0. The fourth-order valence-electron chi connectivity index (χ4n) is 2.50. The number of nitrogens with one attached hydrogen (secondary N) is 1. The molecule has 108 valence electrons. The predicted octanol–water partition coefficient (Wildman–Crippen LogP) is 4.77. The first-order valence-electron chi connectivity index (χ1n) is 6.38. The van der Waals surface area contributed by atoms with Crippen LogP contribution in [-0.2, 0) is 17.6 Å². The molecule has 0 bridgehead atoms. The van der Waals surface area contributed by atoms with Crippen molar-refractivity contribution in [2.75, 3.05) is 12.9 Å². The number of fused-ring (bicyclic) bond motifs is 1. The first-order valence-corrected chi connectivity index (χ1v) is 8.43. The average Bonchev–Trinajstić information content (AvgIpc) is 2.65. The van der Waals surface area contributed by atoms with Crippen LogP contribution in [0.2, 0.25) is 0 Å². The molecule has 1 aliphatic rings. The molecule has 1 aliphatic carbocycles. The van der Waals surface area contributed by atoms with E-state index in [1.807, 2.05) is 6.92 Å². The van der Waals surface area contributed by atoms with Gasteiger partial charge in [-0.25, -0.2) is 0 Å². The van der Waals surface area contributed by atoms with E-state index in [4.69, 9.17) is 10.1 Å². The van der Waals surface area contributed by atoms with Gasteiger partial charge in [0.15, 0.2) is 0 Å². The molecule has 0 radical (unpaired) electrons. The Morgan fingerprint density at radius 3 is 2.68 bits per heavy atom. The second kappa shape index (κ2) is 6.51. The molecule has 1 aromatic heterocycles. The highest BCUT2D eigenvalue weighted by molar-refractivity contribution is 8.00. The van der Waals surface area contributed by atoms with Gasteiger partial charge in [0.05, 0.1) is 15.7 Å². The lowest BCUT2D eigenvalue weighted by Crippen LogP contribution is -2.23. The Labute approximate surface area is 130 Å². The highest BCUT2D eigenvalue weighted by Gasteiger charge is 2.31. The van der Waals surface area contributed by atoms with Gasteiger partial charge in [-0.1, -0.05) is 13.8 Å². The lowest BCUT2D eigenvalue weighted by Gasteiger charge is -2.30. The van der Waals surface area contributed by atoms with Crippen LogP contribution in [0.15, 0.2) is 4.21 Å². The molecule has 0 amide bonds. The van der Waals surface area contributed by atoms with Gasteiger partial charge in [0.25, 0.3) is 0 Å². The Balaban J connectivity index is 0.00000180. The van der Waals surface area contributed by atoms with Crippen LogP contribution in [0.3, 0.4) is 0 Å². The second-order valence-corrected chi connectivity index (χ2v) is 7.58. The van der Waals surface area contributed by atoms with Gasteiger partial charge >= 0.3 is 0 Å². The highest BCUT2D eigenvalue weighted by Crippen LogP contribution is 2.44. The maximum atomic E-state index is 8.07. The average molecular weight is 320 g/mol. The molecule has 1 aromatic rings. The number of hydrogen-bond acceptors (Lipinski definition) is 4. The van der Waals surface area contributed by atoms with Crippen molar-refractivity contribution in [2.45, 2.75) is 44.2 Å². The van der Waals surface area contributed by atoms with E-state index in [-0.39, 0.29) is 12.4 Å². The Bertz CT molecular complexity index is 468. The third kappa shape index (κ3) is 3.47. The molecule has 0 fully saturated rings. The monoisotopic (exact) mass is 319 g/mol. The summed E-state index contributed by atoms with van der Waals surface area (Å²) in [5, 5.41) is 8.07. The Morgan fingerprint density at radius 1 is 1.42 bits per heavy atom. The van der Waals surface area contributed by atoms with Crippen LogP contribution in [0.4, 0.5) is 0 Å². The van der Waals surface area contributed by atoms with Crippen molar-refractivity contribution >= 4 is 41.4 Å². The molecule has 0 spiro atoms. The van der Waals surface area contributed by atoms with Gasteiger partial charge in [-0.2, -0.15) is 0 Å². The molecule has 5 heteroatoms. The zero-order valence-corrected chi connectivity index (χ0v) is 14.4. The van der Waals surface area contributed by atoms with Crippen molar-refractivity contribution in [3.05, 3.63) is 16.0 Å². The number of thioether (sulfide) groups is 1. The van der Waals surface area contributed by atoms with Crippen LogP contribution < -0.4 is 0 Å². The molecular formula is C14H22ClNOS2. The zero-order valence-electron chi connectivity index (χ0n) is 12.0. The fourth-order valence-corrected chi connectivity index (χ4v) is 4.56. The fraction of sp³-hybridized carbons (Fsp3) is 0.643. The lowest BCUT2D eigenvalue weighted by atomic mass is 9.75. The minimum atomic E-state index is 0. The van der Waals surface area contributed by atoms with E-state index in [1.54, 1.807) is 23.1 Å². The van der Waals surface area contributed by atoms with E-state index in [2.05, 4.69) is 20.1 Å². The summed E-state index contributed by atoms with van der Waals surface area (Å²) in [6.45, 7) is 7.15. The Hall–Kier alpha value is -0.190. The summed E-state index contributed by atoms with van der Waals surface area (Å²) in [5.74, 6) is 0.358. The normalized spacial score (nSPS) is 16.4. The Morgan fingerprint density at radius 2 is 2.11 bits per heavy atom. The van der Waals surface area contributed by atoms with E-state index >= 15 is 0 Å². The van der Waals surface area contributed by atoms with Crippen LogP contribution in [-0.4, -0.2) is 18.8 Å². The summed E-state index contributed by atoms with van der Waals surface area (Å²) < 4.78 is 6.78. The number of hydrogen-bond donors (Lipinski definition) is 1. The van der Waals surface area contributed by atoms with Crippen LogP contribution in [0.25, 0.3) is 0 Å². The van der Waals surface area contributed by atoms with E-state index in [0.29, 0.717) is 17.9 Å². The Kier molecular flexibility index (Phi) is 5.78. The molecule has 19 heavy (non-hydrogen) atoms. The van der Waals surface area contributed by atoms with Crippen LogP contribution in [0.1, 0.15) is 43.2 Å². The van der Waals surface area contributed by atoms with Crippen molar-refractivity contribution in [2.24, 2.45) is 5.41 Å². The third-order valence-corrected chi connectivity index (χ3v) is 5.90. The topological polar surface area (TPSA) is 33.1 Å². The lowest BCUT2D eigenvalue weighted by molar-refractivity contribution is 0.310. The molecule has 0 aliphatic heterocycles. The van der Waals surface area contributed by atoms with Crippen LogP contribution in [0, 0.1) is 10.8 Å². The van der Waals surface area contributed by atoms with E-state index in [1.165, 1.54) is 21.8 Å². The van der Waals surface area contributed by atoms with Gasteiger partial charge in [0.1, 0.15) is 0 Å². The van der Waals surface area contributed by atoms with Gasteiger partial charge in [-0.3, -0.25) is 5.41 Å². The molecule has 2 nitrogen and oxygen atoms in total. The number of thiophene rings is 1. The summed E-state index contributed by atoms with van der Waals surface area (Å²) in [6, 6.07) is 0. The van der Waals surface area contributed by atoms with Crippen molar-refractivity contribution in [1.29, 1.82) is 5.41 Å². The van der Waals surface area contributed by atoms with Crippen molar-refractivity contribution < 1.29 is 4.74 Å². The number of ether oxygens (including phenoxy) is 1. The van der Waals surface area contributed by atoms with Crippen molar-refractivity contribution in [3.63, 3.8) is 0 Å². The zero-order chi connectivity index (χ0) is 13.3. The van der Waals surface area contributed by atoms with E-state index in [0.717, 1.165) is 17.7 Å². The predicted molar refractivity (Wildman–Crippen MR) is 87.6 cm³/mol. The number of halogens is 1. The summed E-state index contributed by atoms with van der Waals surface area (Å²) >= 11 is 3.54. The first-order chi connectivity index (χ1) is 8.48. The summed E-state index contributed by atoms with van der Waals surface area (Å²) in [5.41, 5.74) is 3.20. The molecule has 0 aromatic carbocycles. The quantitative estimate of drug-likeness (QED) is 0.494. The molecule has 2 rings (SSSR count). The van der Waals surface area contributed by atoms with E-state index in [9.17, 15) is 0 Å². The molecule has 0 saturated heterocycles. The van der Waals surface area contributed by atoms with Crippen LogP contribution in [0.5, 0.6) is 0 Å². The van der Waals surface area contributed by atoms with Crippen molar-refractivity contribution in [1.82, 2.24) is 0 Å². The van der Waals surface area contributed by atoms with E-state index < -0.39 is 0 Å².